The van der Waals surface area contributed by atoms with Crippen molar-refractivity contribution in [2.24, 2.45) is 5.92 Å². The van der Waals surface area contributed by atoms with Gasteiger partial charge in [0.1, 0.15) is 4.90 Å². The van der Waals surface area contributed by atoms with E-state index in [0.717, 1.165) is 32.2 Å². The Balaban J connectivity index is 2.16. The molecule has 1 saturated heterocycles. The summed E-state index contributed by atoms with van der Waals surface area (Å²) in [5.74, 6) is 0.510. The van der Waals surface area contributed by atoms with Crippen LogP contribution < -0.4 is 10.1 Å². The van der Waals surface area contributed by atoms with Gasteiger partial charge in [-0.15, -0.1) is 0 Å². The Kier molecular flexibility index (Phi) is 4.79. The van der Waals surface area contributed by atoms with Gasteiger partial charge in [0, 0.05) is 6.26 Å². The maximum absolute atomic E-state index is 11.6. The number of benzene rings is 1. The molecule has 8 heteroatoms. The minimum Gasteiger partial charge on any atom is -0.487 e. The van der Waals surface area contributed by atoms with Gasteiger partial charge < -0.3 is 10.1 Å². The quantitative estimate of drug-likeness (QED) is 0.629. The predicted octanol–water partition coefficient (Wildman–Crippen LogP) is 1.38. The van der Waals surface area contributed by atoms with Crippen molar-refractivity contribution in [3.63, 3.8) is 0 Å². The summed E-state index contributed by atoms with van der Waals surface area (Å²) in [5.41, 5.74) is -0.482. The molecular formula is C13H18N2O5S. The smallest absolute Gasteiger partial charge is 0.329 e. The Morgan fingerprint density at radius 2 is 2.24 bits per heavy atom. The molecule has 1 aliphatic heterocycles. The van der Waals surface area contributed by atoms with Crippen LogP contribution in [0.4, 0.5) is 5.69 Å². The number of nitrogens with zero attached hydrogens (tertiary/aromatic N) is 1. The summed E-state index contributed by atoms with van der Waals surface area (Å²) in [6, 6.07) is 4.11. The molecule has 0 aromatic heterocycles. The maximum atomic E-state index is 11.6. The van der Waals surface area contributed by atoms with Crippen LogP contribution in [-0.4, -0.2) is 39.3 Å². The monoisotopic (exact) mass is 314 g/mol. The van der Waals surface area contributed by atoms with Gasteiger partial charge in [0.2, 0.25) is 0 Å². The first-order valence-electron chi connectivity index (χ1n) is 6.70. The standard InChI is InChI=1S/C13H18N2O5S/c1-21(18,19)12-4-2-3-11(13(12)15(16)17)20-8-6-10-5-7-14-9-10/h2-4,10,14H,5-9H2,1H3. The Labute approximate surface area is 123 Å². The zero-order valence-corrected chi connectivity index (χ0v) is 12.6. The average molecular weight is 314 g/mol. The summed E-state index contributed by atoms with van der Waals surface area (Å²) in [7, 11) is -3.67. The molecule has 116 valence electrons. The van der Waals surface area contributed by atoms with E-state index in [2.05, 4.69) is 5.32 Å². The van der Waals surface area contributed by atoms with Gasteiger partial charge in [0.15, 0.2) is 15.6 Å². The number of sulfone groups is 1. The van der Waals surface area contributed by atoms with E-state index in [4.69, 9.17) is 4.74 Å². The fraction of sp³-hybridized carbons (Fsp3) is 0.538. The van der Waals surface area contributed by atoms with E-state index >= 15 is 0 Å². The lowest BCUT2D eigenvalue weighted by atomic mass is 10.1. The highest BCUT2D eigenvalue weighted by atomic mass is 32.2. The molecule has 1 fully saturated rings. The van der Waals surface area contributed by atoms with Gasteiger partial charge in [0.25, 0.3) is 0 Å². The molecule has 0 spiro atoms. The minimum absolute atomic E-state index is 0.00822. The molecule has 1 aromatic rings. The first kappa shape index (κ1) is 15.7. The molecule has 0 saturated carbocycles. The topological polar surface area (TPSA) is 98.5 Å². The third kappa shape index (κ3) is 3.92. The molecule has 1 unspecified atom stereocenters. The SMILES string of the molecule is CS(=O)(=O)c1cccc(OCCC2CCNC2)c1[N+](=O)[O-]. The highest BCUT2D eigenvalue weighted by Crippen LogP contribution is 2.34. The number of nitro benzene ring substituents is 1. The summed E-state index contributed by atoms with van der Waals surface area (Å²) in [6.07, 6.45) is 2.80. The van der Waals surface area contributed by atoms with Crippen LogP contribution in [0.25, 0.3) is 0 Å². The molecule has 1 heterocycles. The fourth-order valence-corrected chi connectivity index (χ4v) is 3.25. The normalized spacial score (nSPS) is 18.6. The number of rotatable bonds is 6. The first-order valence-corrected chi connectivity index (χ1v) is 8.59. The minimum atomic E-state index is -3.67. The van der Waals surface area contributed by atoms with Gasteiger partial charge in [-0.1, -0.05) is 6.07 Å². The van der Waals surface area contributed by atoms with Crippen LogP contribution in [0, 0.1) is 16.0 Å². The number of hydrogen-bond acceptors (Lipinski definition) is 6. The van der Waals surface area contributed by atoms with Gasteiger partial charge in [-0.25, -0.2) is 8.42 Å². The Morgan fingerprint density at radius 3 is 2.81 bits per heavy atom. The van der Waals surface area contributed by atoms with Crippen LogP contribution >= 0.6 is 0 Å². The molecule has 1 aliphatic rings. The van der Waals surface area contributed by atoms with Crippen molar-refractivity contribution in [3.8, 4) is 5.75 Å². The zero-order valence-electron chi connectivity index (χ0n) is 11.7. The van der Waals surface area contributed by atoms with Gasteiger partial charge in [-0.05, 0) is 44.0 Å². The van der Waals surface area contributed by atoms with Crippen molar-refractivity contribution >= 4 is 15.5 Å². The van der Waals surface area contributed by atoms with Gasteiger partial charge >= 0.3 is 5.69 Å². The van der Waals surface area contributed by atoms with Crippen molar-refractivity contribution in [1.82, 2.24) is 5.32 Å². The van der Waals surface area contributed by atoms with E-state index in [0.29, 0.717) is 12.5 Å². The molecule has 1 aromatic carbocycles. The average Bonchev–Trinajstić information content (AvgIpc) is 2.90. The van der Waals surface area contributed by atoms with Crippen molar-refractivity contribution in [2.75, 3.05) is 26.0 Å². The van der Waals surface area contributed by atoms with Crippen LogP contribution in [0.1, 0.15) is 12.8 Å². The lowest BCUT2D eigenvalue weighted by Crippen LogP contribution is -2.12. The highest BCUT2D eigenvalue weighted by molar-refractivity contribution is 7.90. The summed E-state index contributed by atoms with van der Waals surface area (Å²) in [4.78, 5) is 10.1. The van der Waals surface area contributed by atoms with Crippen molar-refractivity contribution in [3.05, 3.63) is 28.3 Å². The lowest BCUT2D eigenvalue weighted by molar-refractivity contribution is -0.388. The molecule has 21 heavy (non-hydrogen) atoms. The fourth-order valence-electron chi connectivity index (χ4n) is 2.39. The van der Waals surface area contributed by atoms with Crippen molar-refractivity contribution in [2.45, 2.75) is 17.7 Å². The zero-order chi connectivity index (χ0) is 15.5. The molecule has 7 nitrogen and oxygen atoms in total. The lowest BCUT2D eigenvalue weighted by Gasteiger charge is -2.11. The number of ether oxygens (including phenoxy) is 1. The number of hydrogen-bond donors (Lipinski definition) is 1. The summed E-state index contributed by atoms with van der Waals surface area (Å²) < 4.78 is 28.7. The van der Waals surface area contributed by atoms with Crippen LogP contribution in [0.3, 0.4) is 0 Å². The number of nitrogens with one attached hydrogen (secondary N) is 1. The Morgan fingerprint density at radius 1 is 1.48 bits per heavy atom. The molecular weight excluding hydrogens is 296 g/mol. The maximum Gasteiger partial charge on any atom is 0.329 e. The second-order valence-electron chi connectivity index (χ2n) is 5.13. The van der Waals surface area contributed by atoms with E-state index in [1.165, 1.54) is 18.2 Å². The molecule has 1 atom stereocenters. The van der Waals surface area contributed by atoms with Crippen LogP contribution in [0.5, 0.6) is 5.75 Å². The molecule has 0 bridgehead atoms. The van der Waals surface area contributed by atoms with E-state index < -0.39 is 20.4 Å². The van der Waals surface area contributed by atoms with Crippen molar-refractivity contribution in [1.29, 1.82) is 0 Å². The van der Waals surface area contributed by atoms with E-state index in [1.54, 1.807) is 0 Å². The van der Waals surface area contributed by atoms with E-state index in [-0.39, 0.29) is 10.6 Å². The predicted molar refractivity (Wildman–Crippen MR) is 77.3 cm³/mol. The molecule has 0 radical (unpaired) electrons. The summed E-state index contributed by atoms with van der Waals surface area (Å²) in [5, 5.41) is 14.4. The van der Waals surface area contributed by atoms with Gasteiger partial charge in [-0.2, -0.15) is 0 Å². The third-order valence-electron chi connectivity index (χ3n) is 3.49. The second-order valence-corrected chi connectivity index (χ2v) is 7.11. The third-order valence-corrected chi connectivity index (χ3v) is 4.62. The number of nitro groups is 1. The van der Waals surface area contributed by atoms with Crippen LogP contribution in [-0.2, 0) is 9.84 Å². The molecule has 2 rings (SSSR count). The van der Waals surface area contributed by atoms with Crippen LogP contribution in [0.2, 0.25) is 0 Å². The second kappa shape index (κ2) is 6.40. The number of para-hydroxylation sites is 1. The molecule has 0 amide bonds. The van der Waals surface area contributed by atoms with Crippen LogP contribution in [0.15, 0.2) is 23.1 Å². The highest BCUT2D eigenvalue weighted by Gasteiger charge is 2.27. The Bertz CT molecular complexity index is 623. The summed E-state index contributed by atoms with van der Waals surface area (Å²) >= 11 is 0. The van der Waals surface area contributed by atoms with Gasteiger partial charge in [0.05, 0.1) is 11.5 Å². The van der Waals surface area contributed by atoms with E-state index in [9.17, 15) is 18.5 Å². The first-order chi connectivity index (χ1) is 9.89. The Hall–Kier alpha value is -1.67. The summed E-state index contributed by atoms with van der Waals surface area (Å²) in [6.45, 7) is 2.24. The molecule has 0 aliphatic carbocycles. The molecule has 1 N–H and O–H groups in total. The van der Waals surface area contributed by atoms with Gasteiger partial charge in [-0.3, -0.25) is 10.1 Å². The van der Waals surface area contributed by atoms with E-state index in [1.807, 2.05) is 0 Å². The largest absolute Gasteiger partial charge is 0.487 e. The van der Waals surface area contributed by atoms with Crippen molar-refractivity contribution < 1.29 is 18.1 Å².